The van der Waals surface area contributed by atoms with E-state index in [0.29, 0.717) is 41.2 Å². The number of hydrazine groups is 1. The monoisotopic (exact) mass is 594 g/mol. The van der Waals surface area contributed by atoms with Crippen LogP contribution in [0.25, 0.3) is 0 Å². The summed E-state index contributed by atoms with van der Waals surface area (Å²) in [6.45, 7) is 4.59. The highest BCUT2D eigenvalue weighted by Crippen LogP contribution is 2.37. The third-order valence-corrected chi connectivity index (χ3v) is 7.88. The molecule has 1 aromatic heterocycles. The predicted molar refractivity (Wildman–Crippen MR) is 162 cm³/mol. The van der Waals surface area contributed by atoms with Gasteiger partial charge in [-0.05, 0) is 60.4 Å². The van der Waals surface area contributed by atoms with Crippen LogP contribution in [0.5, 0.6) is 5.75 Å². The number of aromatic nitrogens is 1. The fraction of sp³-hybridized carbons (Fsp3) is 0.516. The first-order chi connectivity index (χ1) is 20.6. The van der Waals surface area contributed by atoms with E-state index in [0.717, 1.165) is 24.8 Å². The Kier molecular flexibility index (Phi) is 10.9. The first-order valence-electron chi connectivity index (χ1n) is 14.9. The first kappa shape index (κ1) is 31.7. The van der Waals surface area contributed by atoms with E-state index in [1.165, 1.54) is 20.0 Å². The van der Waals surface area contributed by atoms with Crippen LogP contribution in [-0.2, 0) is 20.8 Å². The predicted octanol–water partition coefficient (Wildman–Crippen LogP) is 4.00. The molecule has 1 unspecified atom stereocenters. The van der Waals surface area contributed by atoms with E-state index in [2.05, 4.69) is 34.9 Å². The fourth-order valence-electron chi connectivity index (χ4n) is 5.84. The van der Waals surface area contributed by atoms with Crippen LogP contribution in [0, 0.1) is 5.92 Å². The van der Waals surface area contributed by atoms with E-state index in [4.69, 9.17) is 9.84 Å². The van der Waals surface area contributed by atoms with Crippen molar-refractivity contribution in [2.75, 3.05) is 37.4 Å². The number of nitrogens with one attached hydrogen (secondary N) is 3. The maximum atomic E-state index is 13.0. The lowest BCUT2D eigenvalue weighted by atomic mass is 9.98. The lowest BCUT2D eigenvalue weighted by molar-refractivity contribution is -0.145. The number of piperazine rings is 1. The van der Waals surface area contributed by atoms with Crippen molar-refractivity contribution in [1.82, 2.24) is 20.3 Å². The van der Waals surface area contributed by atoms with Crippen molar-refractivity contribution >= 4 is 35.3 Å². The molecule has 12 nitrogen and oxygen atoms in total. The molecule has 2 aliphatic rings. The average Bonchev–Trinajstić information content (AvgIpc) is 3.49. The minimum Gasteiger partial charge on any atom is -0.495 e. The number of ether oxygens (including phenoxy) is 1. The van der Waals surface area contributed by atoms with Crippen LogP contribution < -0.4 is 20.8 Å². The number of hydrogen-bond donors (Lipinski definition) is 4. The van der Waals surface area contributed by atoms with E-state index in [1.807, 2.05) is 12.1 Å². The van der Waals surface area contributed by atoms with Crippen molar-refractivity contribution in [3.8, 4) is 5.75 Å². The minimum atomic E-state index is -0.956. The van der Waals surface area contributed by atoms with Crippen molar-refractivity contribution in [3.05, 3.63) is 47.7 Å². The maximum Gasteiger partial charge on any atom is 0.324 e. The zero-order valence-corrected chi connectivity index (χ0v) is 25.1. The third-order valence-electron chi connectivity index (χ3n) is 7.88. The lowest BCUT2D eigenvalue weighted by Crippen LogP contribution is -2.62. The van der Waals surface area contributed by atoms with Gasteiger partial charge in [-0.15, -0.1) is 0 Å². The number of rotatable bonds is 12. The highest BCUT2D eigenvalue weighted by atomic mass is 16.5. The Hall–Kier alpha value is -4.19. The summed E-state index contributed by atoms with van der Waals surface area (Å²) in [7, 11) is 1.49. The molecular formula is C31H42N6O6. The van der Waals surface area contributed by atoms with Crippen molar-refractivity contribution in [1.29, 1.82) is 0 Å². The number of carboxylic acids is 1. The van der Waals surface area contributed by atoms with E-state index in [-0.39, 0.29) is 43.8 Å². The second-order valence-corrected chi connectivity index (χ2v) is 11.6. The van der Waals surface area contributed by atoms with E-state index < -0.39 is 12.0 Å². The largest absolute Gasteiger partial charge is 0.495 e. The van der Waals surface area contributed by atoms with Gasteiger partial charge in [0.05, 0.1) is 32.2 Å². The standard InChI is InChI=1S/C31H42N6O6/c1-20(2)15-23-18-36(14-12-29(40)41)28(39)19-37(23)35-27(38)17-21-10-11-25(26(16-21)43-3)33-31(42)34-30-24(9-6-13-32-30)22-7-4-5-8-22/h6,9-11,13,16,20,22-23H,4-5,7-8,12,14-15,17-19H2,1-3H3,(H,35,38)(H,40,41)(H2,32,33,34,42). The van der Waals surface area contributed by atoms with Gasteiger partial charge in [-0.1, -0.05) is 38.8 Å². The van der Waals surface area contributed by atoms with Gasteiger partial charge in [0.25, 0.3) is 0 Å². The van der Waals surface area contributed by atoms with Gasteiger partial charge < -0.3 is 20.1 Å². The van der Waals surface area contributed by atoms with Crippen LogP contribution in [0.1, 0.15) is 69.4 Å². The first-order valence-corrected chi connectivity index (χ1v) is 14.9. The molecule has 0 bridgehead atoms. The van der Waals surface area contributed by atoms with Crippen LogP contribution >= 0.6 is 0 Å². The SMILES string of the molecule is COc1cc(CC(=O)NN2CC(=O)N(CCC(=O)O)CC2CC(C)C)ccc1NC(=O)Nc1ncccc1C1CCCC1. The normalized spacial score (nSPS) is 17.6. The van der Waals surface area contributed by atoms with Crippen LogP contribution in [0.3, 0.4) is 0 Å². The van der Waals surface area contributed by atoms with Gasteiger partial charge in [-0.25, -0.2) is 14.8 Å². The molecule has 4 rings (SSSR count). The zero-order chi connectivity index (χ0) is 30.9. The number of amides is 4. The van der Waals surface area contributed by atoms with E-state index in [9.17, 15) is 19.2 Å². The van der Waals surface area contributed by atoms with Gasteiger partial charge in [0, 0.05) is 25.3 Å². The molecule has 1 aromatic carbocycles. The molecule has 2 heterocycles. The third kappa shape index (κ3) is 8.90. The van der Waals surface area contributed by atoms with Gasteiger partial charge in [-0.2, -0.15) is 0 Å². The van der Waals surface area contributed by atoms with Crippen LogP contribution in [-0.4, -0.2) is 76.6 Å². The molecule has 2 aromatic rings. The molecule has 12 heteroatoms. The smallest absolute Gasteiger partial charge is 0.324 e. The number of carbonyl (C=O) groups is 4. The quantitative estimate of drug-likeness (QED) is 0.288. The number of urea groups is 1. The number of carboxylic acid groups (broad SMARTS) is 1. The van der Waals surface area contributed by atoms with Gasteiger partial charge in [0.15, 0.2) is 0 Å². The molecule has 1 saturated carbocycles. The van der Waals surface area contributed by atoms with Crippen molar-refractivity contribution < 1.29 is 29.0 Å². The molecule has 4 amide bonds. The number of methoxy groups -OCH3 is 1. The molecule has 1 aliphatic carbocycles. The van der Waals surface area contributed by atoms with Gasteiger partial charge in [0.1, 0.15) is 11.6 Å². The molecule has 0 spiro atoms. The van der Waals surface area contributed by atoms with Crippen LogP contribution in [0.2, 0.25) is 0 Å². The molecule has 1 aliphatic heterocycles. The lowest BCUT2D eigenvalue weighted by Gasteiger charge is -2.41. The average molecular weight is 595 g/mol. The Labute approximate surface area is 252 Å². The summed E-state index contributed by atoms with van der Waals surface area (Å²) >= 11 is 0. The number of aliphatic carboxylic acids is 1. The summed E-state index contributed by atoms with van der Waals surface area (Å²) in [6, 6.07) is 8.44. The number of carbonyl (C=O) groups excluding carboxylic acids is 3. The Morgan fingerprint density at radius 2 is 1.91 bits per heavy atom. The zero-order valence-electron chi connectivity index (χ0n) is 25.1. The highest BCUT2D eigenvalue weighted by Gasteiger charge is 2.33. The number of nitrogens with zero attached hydrogens (tertiary/aromatic N) is 3. The number of hydrogen-bond acceptors (Lipinski definition) is 7. The highest BCUT2D eigenvalue weighted by molar-refractivity contribution is 6.00. The molecular weight excluding hydrogens is 552 g/mol. The van der Waals surface area contributed by atoms with Crippen molar-refractivity contribution in [2.45, 2.75) is 70.8 Å². The molecule has 1 saturated heterocycles. The number of benzene rings is 1. The fourth-order valence-corrected chi connectivity index (χ4v) is 5.84. The van der Waals surface area contributed by atoms with Crippen LogP contribution in [0.15, 0.2) is 36.5 Å². The minimum absolute atomic E-state index is 0.0250. The molecule has 0 radical (unpaired) electrons. The summed E-state index contributed by atoms with van der Waals surface area (Å²) in [5.74, 6) is 0.181. The Morgan fingerprint density at radius 3 is 2.60 bits per heavy atom. The van der Waals surface area contributed by atoms with Crippen molar-refractivity contribution in [3.63, 3.8) is 0 Å². The number of anilines is 2. The second-order valence-electron chi connectivity index (χ2n) is 11.6. The molecule has 2 fully saturated rings. The van der Waals surface area contributed by atoms with Crippen molar-refractivity contribution in [2.24, 2.45) is 5.92 Å². The van der Waals surface area contributed by atoms with Crippen LogP contribution in [0.4, 0.5) is 16.3 Å². The summed E-state index contributed by atoms with van der Waals surface area (Å²) in [4.78, 5) is 55.5. The molecule has 4 N–H and O–H groups in total. The summed E-state index contributed by atoms with van der Waals surface area (Å²) in [5, 5.41) is 16.4. The van der Waals surface area contributed by atoms with E-state index in [1.54, 1.807) is 34.3 Å². The number of pyridine rings is 1. The molecule has 232 valence electrons. The maximum absolute atomic E-state index is 13.0. The summed E-state index contributed by atoms with van der Waals surface area (Å²) in [6.07, 6.45) is 6.83. The Balaban J connectivity index is 1.36. The molecule has 43 heavy (non-hydrogen) atoms. The van der Waals surface area contributed by atoms with Gasteiger partial charge in [0.2, 0.25) is 11.8 Å². The topological polar surface area (TPSA) is 153 Å². The van der Waals surface area contributed by atoms with Gasteiger partial charge >= 0.3 is 12.0 Å². The Bertz CT molecular complexity index is 1310. The van der Waals surface area contributed by atoms with E-state index >= 15 is 0 Å². The summed E-state index contributed by atoms with van der Waals surface area (Å²) in [5.41, 5.74) is 5.04. The van der Waals surface area contributed by atoms with Gasteiger partial charge in [-0.3, -0.25) is 25.1 Å². The summed E-state index contributed by atoms with van der Waals surface area (Å²) < 4.78 is 5.51. The second kappa shape index (κ2) is 14.8. The molecule has 1 atom stereocenters. The Morgan fingerprint density at radius 1 is 1.14 bits per heavy atom.